The SMILES string of the molecule is Cc1ccc(-n2nc(C3(C)CSC3)cc2NC(=O)Cc2ccc(Oc3ccncc3)c(Cl)c2)cc1. The van der Waals surface area contributed by atoms with E-state index in [4.69, 9.17) is 21.4 Å². The second-order valence-corrected chi connectivity index (χ2v) is 10.4. The van der Waals surface area contributed by atoms with Crippen molar-refractivity contribution in [3.05, 3.63) is 94.9 Å². The smallest absolute Gasteiger partial charge is 0.229 e. The van der Waals surface area contributed by atoms with Gasteiger partial charge in [0.1, 0.15) is 17.3 Å². The molecule has 1 saturated heterocycles. The molecule has 0 unspecified atom stereocenters. The van der Waals surface area contributed by atoms with Gasteiger partial charge in [-0.1, -0.05) is 42.3 Å². The first-order chi connectivity index (χ1) is 16.9. The van der Waals surface area contributed by atoms with E-state index in [0.29, 0.717) is 22.3 Å². The third kappa shape index (κ3) is 5.21. The van der Waals surface area contributed by atoms with E-state index < -0.39 is 0 Å². The highest BCUT2D eigenvalue weighted by Crippen LogP contribution is 2.41. The molecule has 1 amide bonds. The van der Waals surface area contributed by atoms with Crippen LogP contribution in [0.3, 0.4) is 0 Å². The van der Waals surface area contributed by atoms with E-state index in [9.17, 15) is 4.79 Å². The molecule has 0 aliphatic carbocycles. The summed E-state index contributed by atoms with van der Waals surface area (Å²) in [7, 11) is 0. The number of rotatable bonds is 7. The highest BCUT2D eigenvalue weighted by Gasteiger charge is 2.37. The molecule has 4 aromatic rings. The maximum absolute atomic E-state index is 13.0. The van der Waals surface area contributed by atoms with Crippen LogP contribution in [-0.2, 0) is 16.6 Å². The van der Waals surface area contributed by atoms with E-state index in [1.54, 1.807) is 36.7 Å². The summed E-state index contributed by atoms with van der Waals surface area (Å²) in [6, 6.07) is 19.0. The summed E-state index contributed by atoms with van der Waals surface area (Å²) in [6.07, 6.45) is 3.48. The molecule has 8 heteroatoms. The van der Waals surface area contributed by atoms with Crippen molar-refractivity contribution in [1.82, 2.24) is 14.8 Å². The number of nitrogens with one attached hydrogen (secondary N) is 1. The minimum atomic E-state index is -0.142. The van der Waals surface area contributed by atoms with Crippen molar-refractivity contribution >= 4 is 35.1 Å². The maximum Gasteiger partial charge on any atom is 0.229 e. The first kappa shape index (κ1) is 23.5. The lowest BCUT2D eigenvalue weighted by Gasteiger charge is -2.35. The Kier molecular flexibility index (Phi) is 6.54. The zero-order chi connectivity index (χ0) is 24.4. The van der Waals surface area contributed by atoms with Gasteiger partial charge in [0.15, 0.2) is 0 Å². The van der Waals surface area contributed by atoms with Crippen LogP contribution in [0.4, 0.5) is 5.82 Å². The third-order valence-corrected chi connectivity index (χ3v) is 7.93. The van der Waals surface area contributed by atoms with E-state index in [0.717, 1.165) is 28.5 Å². The molecule has 1 aliphatic heterocycles. The Balaban J connectivity index is 1.34. The molecule has 1 N–H and O–H groups in total. The zero-order valence-corrected chi connectivity index (χ0v) is 21.1. The van der Waals surface area contributed by atoms with Gasteiger partial charge in [-0.3, -0.25) is 9.78 Å². The van der Waals surface area contributed by atoms with E-state index in [1.807, 2.05) is 59.8 Å². The molecule has 0 spiro atoms. The highest BCUT2D eigenvalue weighted by atomic mass is 35.5. The number of aryl methyl sites for hydroxylation is 1. The Morgan fingerprint density at radius 3 is 2.51 bits per heavy atom. The summed E-state index contributed by atoms with van der Waals surface area (Å²) in [6.45, 7) is 4.26. The Morgan fingerprint density at radius 2 is 1.86 bits per heavy atom. The summed E-state index contributed by atoms with van der Waals surface area (Å²) in [5.41, 5.74) is 3.89. The van der Waals surface area contributed by atoms with Gasteiger partial charge in [-0.05, 0) is 48.9 Å². The lowest BCUT2D eigenvalue weighted by atomic mass is 9.91. The van der Waals surface area contributed by atoms with Crippen LogP contribution in [0.2, 0.25) is 5.02 Å². The summed E-state index contributed by atoms with van der Waals surface area (Å²) >= 11 is 8.34. The lowest BCUT2D eigenvalue weighted by Crippen LogP contribution is -2.37. The second kappa shape index (κ2) is 9.76. The number of amides is 1. The van der Waals surface area contributed by atoms with Crippen molar-refractivity contribution in [2.24, 2.45) is 0 Å². The lowest BCUT2D eigenvalue weighted by molar-refractivity contribution is -0.115. The predicted octanol–water partition coefficient (Wildman–Crippen LogP) is 6.21. The van der Waals surface area contributed by atoms with E-state index >= 15 is 0 Å². The molecule has 0 radical (unpaired) electrons. The first-order valence-corrected chi connectivity index (χ1v) is 12.8. The van der Waals surface area contributed by atoms with Gasteiger partial charge in [-0.2, -0.15) is 16.9 Å². The Labute approximate surface area is 213 Å². The topological polar surface area (TPSA) is 69.0 Å². The number of thioether (sulfide) groups is 1. The number of nitrogens with zero attached hydrogens (tertiary/aromatic N) is 3. The second-order valence-electron chi connectivity index (χ2n) is 8.99. The fourth-order valence-corrected chi connectivity index (χ4v) is 5.20. The number of carbonyl (C=O) groups excluding carboxylic acids is 1. The number of aromatic nitrogens is 3. The van der Waals surface area contributed by atoms with Gasteiger partial charge < -0.3 is 10.1 Å². The van der Waals surface area contributed by atoms with Gasteiger partial charge in [0, 0.05) is 35.4 Å². The summed E-state index contributed by atoms with van der Waals surface area (Å²) in [4.78, 5) is 17.0. The molecule has 0 saturated carbocycles. The molecule has 1 fully saturated rings. The summed E-state index contributed by atoms with van der Waals surface area (Å²) in [5.74, 6) is 3.74. The monoisotopic (exact) mass is 504 g/mol. The Bertz CT molecular complexity index is 1350. The van der Waals surface area contributed by atoms with Gasteiger partial charge in [-0.25, -0.2) is 4.68 Å². The van der Waals surface area contributed by atoms with E-state index in [-0.39, 0.29) is 17.7 Å². The molecular formula is C27H25ClN4O2S. The quantitative estimate of drug-likeness (QED) is 0.324. The molecule has 2 aromatic carbocycles. The van der Waals surface area contributed by atoms with Crippen LogP contribution in [-0.4, -0.2) is 32.2 Å². The van der Waals surface area contributed by atoms with E-state index in [1.165, 1.54) is 5.56 Å². The summed E-state index contributed by atoms with van der Waals surface area (Å²) < 4.78 is 7.62. The standard InChI is InChI=1S/C27H25ClN4O2S/c1-18-3-6-20(7-4-18)32-25(15-24(31-32)27(2)16-35-17-27)30-26(33)14-19-5-8-23(22(28)13-19)34-21-9-11-29-12-10-21/h3-13,15H,14,16-17H2,1-2H3,(H,30,33). The van der Waals surface area contributed by atoms with Crippen LogP contribution in [0.1, 0.15) is 23.7 Å². The first-order valence-electron chi connectivity index (χ1n) is 11.3. The van der Waals surface area contributed by atoms with Crippen LogP contribution in [0, 0.1) is 6.92 Å². The summed E-state index contributed by atoms with van der Waals surface area (Å²) in [5, 5.41) is 8.38. The van der Waals surface area contributed by atoms with Crippen molar-refractivity contribution in [1.29, 1.82) is 0 Å². The number of carbonyl (C=O) groups is 1. The number of halogens is 1. The molecule has 2 aromatic heterocycles. The number of hydrogen-bond acceptors (Lipinski definition) is 5. The van der Waals surface area contributed by atoms with Crippen LogP contribution >= 0.6 is 23.4 Å². The van der Waals surface area contributed by atoms with Crippen molar-refractivity contribution in [2.45, 2.75) is 25.7 Å². The highest BCUT2D eigenvalue weighted by molar-refractivity contribution is 8.00. The third-order valence-electron chi connectivity index (χ3n) is 5.95. The van der Waals surface area contributed by atoms with Crippen LogP contribution in [0.15, 0.2) is 73.1 Å². The van der Waals surface area contributed by atoms with E-state index in [2.05, 4.69) is 17.2 Å². The van der Waals surface area contributed by atoms with Crippen molar-refractivity contribution in [3.8, 4) is 17.2 Å². The van der Waals surface area contributed by atoms with Crippen molar-refractivity contribution in [3.63, 3.8) is 0 Å². The molecule has 0 bridgehead atoms. The molecule has 35 heavy (non-hydrogen) atoms. The van der Waals surface area contributed by atoms with Crippen LogP contribution in [0.5, 0.6) is 11.5 Å². The zero-order valence-electron chi connectivity index (χ0n) is 19.5. The molecule has 6 nitrogen and oxygen atoms in total. The predicted molar refractivity (Wildman–Crippen MR) is 141 cm³/mol. The fourth-order valence-electron chi connectivity index (χ4n) is 3.85. The number of pyridine rings is 1. The molecule has 1 aliphatic rings. The normalized spacial score (nSPS) is 14.3. The number of hydrogen-bond donors (Lipinski definition) is 1. The van der Waals surface area contributed by atoms with Crippen LogP contribution in [0.25, 0.3) is 5.69 Å². The van der Waals surface area contributed by atoms with Crippen molar-refractivity contribution in [2.75, 3.05) is 16.8 Å². The van der Waals surface area contributed by atoms with Gasteiger partial charge in [0.05, 0.1) is 22.8 Å². The fraction of sp³-hybridized carbons (Fsp3) is 0.222. The van der Waals surface area contributed by atoms with Gasteiger partial charge >= 0.3 is 0 Å². The van der Waals surface area contributed by atoms with Crippen LogP contribution < -0.4 is 10.1 Å². The number of ether oxygens (including phenoxy) is 1. The minimum absolute atomic E-state index is 0.0261. The Hall–Kier alpha value is -3.29. The molecule has 178 valence electrons. The van der Waals surface area contributed by atoms with Gasteiger partial charge in [0.2, 0.25) is 5.91 Å². The largest absolute Gasteiger partial charge is 0.456 e. The average Bonchev–Trinajstić information content (AvgIpc) is 3.24. The molecule has 3 heterocycles. The minimum Gasteiger partial charge on any atom is -0.456 e. The maximum atomic E-state index is 13.0. The van der Waals surface area contributed by atoms with Gasteiger partial charge in [-0.15, -0.1) is 0 Å². The number of anilines is 1. The average molecular weight is 505 g/mol. The van der Waals surface area contributed by atoms with Gasteiger partial charge in [0.25, 0.3) is 0 Å². The molecule has 5 rings (SSSR count). The molecule has 0 atom stereocenters. The molecular weight excluding hydrogens is 480 g/mol. The Morgan fingerprint density at radius 1 is 1.11 bits per heavy atom. The number of benzene rings is 2. The van der Waals surface area contributed by atoms with Crippen molar-refractivity contribution < 1.29 is 9.53 Å².